The number of unbranched alkanes of at least 4 members (excludes halogenated alkanes) is 3. The summed E-state index contributed by atoms with van der Waals surface area (Å²) in [4.78, 5) is 38.3. The van der Waals surface area contributed by atoms with Gasteiger partial charge in [0.1, 0.15) is 0 Å². The Balaban J connectivity index is 1.87. The van der Waals surface area contributed by atoms with Crippen molar-refractivity contribution in [3.05, 3.63) is 45.9 Å². The molecule has 130 valence electrons. The van der Waals surface area contributed by atoms with Crippen LogP contribution in [0.25, 0.3) is 10.8 Å². The van der Waals surface area contributed by atoms with Gasteiger partial charge in [-0.15, -0.1) is 0 Å². The van der Waals surface area contributed by atoms with E-state index in [0.717, 1.165) is 35.5 Å². The molecule has 0 radical (unpaired) electrons. The molecule has 0 atom stereocenters. The number of nitrogens with zero attached hydrogens (tertiary/aromatic N) is 1. The first-order valence-electron chi connectivity index (χ1n) is 8.33. The number of amides is 3. The number of hydrogen-bond acceptors (Lipinski definition) is 4. The fourth-order valence-corrected chi connectivity index (χ4v) is 3.44. The highest BCUT2D eigenvalue weighted by atomic mass is 79.9. The van der Waals surface area contributed by atoms with Gasteiger partial charge in [-0.25, -0.2) is 4.79 Å². The van der Waals surface area contributed by atoms with Crippen molar-refractivity contribution in [1.82, 2.24) is 4.90 Å². The molecule has 3 amide bonds. The maximum absolute atomic E-state index is 12.7. The quantitative estimate of drug-likeness (QED) is 0.525. The Morgan fingerprint density at radius 1 is 1.04 bits per heavy atom. The van der Waals surface area contributed by atoms with E-state index < -0.39 is 17.9 Å². The van der Waals surface area contributed by atoms with Gasteiger partial charge in [-0.05, 0) is 30.0 Å². The van der Waals surface area contributed by atoms with E-state index in [9.17, 15) is 14.4 Å². The van der Waals surface area contributed by atoms with Crippen LogP contribution in [0.3, 0.4) is 0 Å². The van der Waals surface area contributed by atoms with Gasteiger partial charge in [-0.1, -0.05) is 54.2 Å². The number of rotatable bonds is 5. The van der Waals surface area contributed by atoms with Gasteiger partial charge in [0.15, 0.2) is 0 Å². The number of benzene rings is 2. The molecule has 2 aromatic carbocycles. The van der Waals surface area contributed by atoms with E-state index in [-0.39, 0.29) is 6.61 Å². The molecule has 1 aliphatic heterocycles. The van der Waals surface area contributed by atoms with E-state index in [0.29, 0.717) is 21.4 Å². The monoisotopic (exact) mass is 403 g/mol. The third-order valence-electron chi connectivity index (χ3n) is 4.26. The van der Waals surface area contributed by atoms with Crippen LogP contribution in [-0.4, -0.2) is 29.4 Å². The van der Waals surface area contributed by atoms with Crippen LogP contribution in [0.15, 0.2) is 34.8 Å². The smallest absolute Gasteiger partial charge is 0.424 e. The van der Waals surface area contributed by atoms with Gasteiger partial charge in [0.25, 0.3) is 11.8 Å². The zero-order chi connectivity index (χ0) is 18.0. The minimum absolute atomic E-state index is 0.202. The van der Waals surface area contributed by atoms with Gasteiger partial charge in [0.05, 0.1) is 6.61 Å². The van der Waals surface area contributed by atoms with E-state index in [4.69, 9.17) is 4.74 Å². The van der Waals surface area contributed by atoms with Crippen LogP contribution < -0.4 is 0 Å². The number of imide groups is 3. The summed E-state index contributed by atoms with van der Waals surface area (Å²) in [6.45, 7) is 2.29. The Morgan fingerprint density at radius 3 is 2.48 bits per heavy atom. The van der Waals surface area contributed by atoms with E-state index in [1.54, 1.807) is 24.3 Å². The summed E-state index contributed by atoms with van der Waals surface area (Å²) in [6, 6.07) is 8.53. The molecule has 1 heterocycles. The third-order valence-corrected chi connectivity index (χ3v) is 4.95. The maximum Gasteiger partial charge on any atom is 0.424 e. The van der Waals surface area contributed by atoms with Crippen molar-refractivity contribution >= 4 is 44.6 Å². The Bertz CT molecular complexity index is 840. The van der Waals surface area contributed by atoms with Crippen molar-refractivity contribution < 1.29 is 19.1 Å². The maximum atomic E-state index is 12.7. The van der Waals surface area contributed by atoms with E-state index in [1.807, 2.05) is 6.07 Å². The lowest BCUT2D eigenvalue weighted by Gasteiger charge is -2.25. The zero-order valence-corrected chi connectivity index (χ0v) is 15.5. The Hall–Kier alpha value is -2.21. The summed E-state index contributed by atoms with van der Waals surface area (Å²) < 4.78 is 5.93. The lowest BCUT2D eigenvalue weighted by atomic mass is 9.94. The first kappa shape index (κ1) is 17.6. The topological polar surface area (TPSA) is 63.7 Å². The van der Waals surface area contributed by atoms with Crippen molar-refractivity contribution in [3.63, 3.8) is 0 Å². The fraction of sp³-hybridized carbons (Fsp3) is 0.316. The molecular weight excluding hydrogens is 386 g/mol. The third kappa shape index (κ3) is 3.18. The van der Waals surface area contributed by atoms with Crippen LogP contribution in [0.1, 0.15) is 53.3 Å². The molecule has 1 aliphatic rings. The van der Waals surface area contributed by atoms with Crippen molar-refractivity contribution in [2.75, 3.05) is 6.61 Å². The average Bonchev–Trinajstić information content (AvgIpc) is 2.61. The highest BCUT2D eigenvalue weighted by molar-refractivity contribution is 9.10. The van der Waals surface area contributed by atoms with Gasteiger partial charge in [0, 0.05) is 21.0 Å². The molecule has 0 fully saturated rings. The van der Waals surface area contributed by atoms with Crippen LogP contribution in [0.5, 0.6) is 0 Å². The van der Waals surface area contributed by atoms with Gasteiger partial charge >= 0.3 is 6.09 Å². The number of carbonyl (C=O) groups excluding carboxylic acids is 3. The summed E-state index contributed by atoms with van der Waals surface area (Å²) in [5.41, 5.74) is 0.660. The Labute approximate surface area is 154 Å². The van der Waals surface area contributed by atoms with Gasteiger partial charge in [0.2, 0.25) is 0 Å². The molecule has 0 spiro atoms. The number of hydrogen-bond donors (Lipinski definition) is 0. The lowest BCUT2D eigenvalue weighted by molar-refractivity contribution is 0.0545. The SMILES string of the molecule is CCCCCCOC(=O)N1C(=O)c2cccc3c(Br)ccc(c23)C1=O. The van der Waals surface area contributed by atoms with E-state index in [1.165, 1.54) is 0 Å². The fourth-order valence-electron chi connectivity index (χ4n) is 2.98. The van der Waals surface area contributed by atoms with Crippen LogP contribution >= 0.6 is 15.9 Å². The molecule has 0 saturated carbocycles. The van der Waals surface area contributed by atoms with E-state index >= 15 is 0 Å². The second kappa shape index (κ2) is 7.35. The molecule has 2 aromatic rings. The summed E-state index contributed by atoms with van der Waals surface area (Å²) in [6.07, 6.45) is 2.89. The van der Waals surface area contributed by atoms with Gasteiger partial charge in [-0.2, -0.15) is 4.90 Å². The normalized spacial score (nSPS) is 13.4. The summed E-state index contributed by atoms with van der Waals surface area (Å²) in [5, 5.41) is 1.34. The van der Waals surface area contributed by atoms with Crippen molar-refractivity contribution in [3.8, 4) is 0 Å². The molecule has 0 aromatic heterocycles. The second-order valence-electron chi connectivity index (χ2n) is 5.94. The summed E-state index contributed by atoms with van der Waals surface area (Å²) >= 11 is 3.43. The zero-order valence-electron chi connectivity index (χ0n) is 13.9. The molecule has 5 nitrogen and oxygen atoms in total. The van der Waals surface area contributed by atoms with E-state index in [2.05, 4.69) is 22.9 Å². The van der Waals surface area contributed by atoms with Gasteiger partial charge in [-0.3, -0.25) is 9.59 Å². The predicted octanol–water partition coefficient (Wildman–Crippen LogP) is 4.92. The molecule has 25 heavy (non-hydrogen) atoms. The van der Waals surface area contributed by atoms with Crippen LogP contribution in [0.4, 0.5) is 4.79 Å². The second-order valence-corrected chi connectivity index (χ2v) is 6.80. The van der Waals surface area contributed by atoms with Crippen molar-refractivity contribution in [2.45, 2.75) is 32.6 Å². The number of halogens is 1. The molecule has 0 N–H and O–H groups in total. The molecule has 0 bridgehead atoms. The molecule has 6 heteroatoms. The minimum atomic E-state index is -0.905. The molecule has 3 rings (SSSR count). The highest BCUT2D eigenvalue weighted by Gasteiger charge is 2.38. The van der Waals surface area contributed by atoms with Crippen molar-refractivity contribution in [2.24, 2.45) is 0 Å². The Morgan fingerprint density at radius 2 is 1.76 bits per heavy atom. The standard InChI is InChI=1S/C19H18BrNO4/c1-2-3-4-5-11-25-19(24)21-17(22)13-8-6-7-12-15(20)10-9-14(16(12)13)18(21)23/h6-10H,2-5,11H2,1H3. The predicted molar refractivity (Wildman–Crippen MR) is 97.6 cm³/mol. The number of carbonyl (C=O) groups is 3. The van der Waals surface area contributed by atoms with Crippen LogP contribution in [-0.2, 0) is 4.74 Å². The van der Waals surface area contributed by atoms with Crippen LogP contribution in [0, 0.1) is 0 Å². The minimum Gasteiger partial charge on any atom is -0.449 e. The Kier molecular flexibility index (Phi) is 5.18. The lowest BCUT2D eigenvalue weighted by Crippen LogP contribution is -2.44. The highest BCUT2D eigenvalue weighted by Crippen LogP contribution is 2.34. The first-order valence-corrected chi connectivity index (χ1v) is 9.12. The summed E-state index contributed by atoms with van der Waals surface area (Å²) in [5.74, 6) is -1.28. The largest absolute Gasteiger partial charge is 0.449 e. The molecule has 0 unspecified atom stereocenters. The first-order chi connectivity index (χ1) is 12.1. The molecule has 0 saturated heterocycles. The summed E-state index contributed by atoms with van der Waals surface area (Å²) in [7, 11) is 0. The molecular formula is C19H18BrNO4. The van der Waals surface area contributed by atoms with Crippen LogP contribution in [0.2, 0.25) is 0 Å². The average molecular weight is 404 g/mol. The number of ether oxygens (including phenoxy) is 1. The van der Waals surface area contributed by atoms with Gasteiger partial charge < -0.3 is 4.74 Å². The molecule has 0 aliphatic carbocycles. The van der Waals surface area contributed by atoms with Crippen molar-refractivity contribution in [1.29, 1.82) is 0 Å².